The highest BCUT2D eigenvalue weighted by Gasteiger charge is 2.21. The van der Waals surface area contributed by atoms with Crippen LogP contribution in [0.2, 0.25) is 0 Å². The van der Waals surface area contributed by atoms with Gasteiger partial charge in [-0.15, -0.1) is 4.68 Å². The molecule has 1 unspecified atom stereocenters. The number of hydrogen-bond acceptors (Lipinski definition) is 5. The predicted molar refractivity (Wildman–Crippen MR) is 78.4 cm³/mol. The van der Waals surface area contributed by atoms with E-state index in [2.05, 4.69) is 34.2 Å². The van der Waals surface area contributed by atoms with Crippen LogP contribution < -0.4 is 14.3 Å². The highest BCUT2D eigenvalue weighted by molar-refractivity contribution is 5.64. The lowest BCUT2D eigenvalue weighted by Crippen LogP contribution is -2.37. The number of fused-ring (bicyclic) bond motifs is 1. The van der Waals surface area contributed by atoms with E-state index >= 15 is 0 Å². The first-order valence-corrected chi connectivity index (χ1v) is 6.85. The van der Waals surface area contributed by atoms with Crippen LogP contribution in [0.4, 0.5) is 17.3 Å². The molecule has 0 N–H and O–H groups in total. The van der Waals surface area contributed by atoms with Crippen LogP contribution in [0.5, 0.6) is 5.75 Å². The lowest BCUT2D eigenvalue weighted by molar-refractivity contribution is -0.716. The third kappa shape index (κ3) is 2.46. The summed E-state index contributed by atoms with van der Waals surface area (Å²) >= 11 is 0. The van der Waals surface area contributed by atoms with Gasteiger partial charge in [-0.1, -0.05) is 10.2 Å². The first-order valence-electron chi connectivity index (χ1n) is 6.85. The maximum absolute atomic E-state index is 5.77. The van der Waals surface area contributed by atoms with Gasteiger partial charge in [0.2, 0.25) is 0 Å². The molecule has 1 atom stereocenters. The molecule has 21 heavy (non-hydrogen) atoms. The van der Waals surface area contributed by atoms with E-state index in [4.69, 9.17) is 4.74 Å². The van der Waals surface area contributed by atoms with Crippen LogP contribution in [0, 0.1) is 0 Å². The fourth-order valence-electron chi connectivity index (χ4n) is 2.26. The van der Waals surface area contributed by atoms with Gasteiger partial charge in [0.05, 0.1) is 25.8 Å². The second kappa shape index (κ2) is 5.16. The number of benzene rings is 1. The number of aryl methyl sites for hydroxylation is 2. The van der Waals surface area contributed by atoms with Gasteiger partial charge in [0.15, 0.2) is 6.33 Å². The van der Waals surface area contributed by atoms with Gasteiger partial charge in [-0.2, -0.15) is 0 Å². The lowest BCUT2D eigenvalue weighted by Gasteiger charge is -2.33. The topological polar surface area (TPSA) is 58.9 Å². The van der Waals surface area contributed by atoms with E-state index in [9.17, 15) is 0 Å². The Hall–Kier alpha value is -2.44. The summed E-state index contributed by atoms with van der Waals surface area (Å²) in [5.74, 6) is 1.53. The minimum atomic E-state index is 0.374. The SMILES string of the molecule is CC1COc2cc(N=Nc3n(C)cn[n+]3C)ccc2N1C. The highest BCUT2D eigenvalue weighted by Crippen LogP contribution is 2.36. The summed E-state index contributed by atoms with van der Waals surface area (Å²) in [6.07, 6.45) is 1.70. The Morgan fingerprint density at radius 2 is 2.14 bits per heavy atom. The number of rotatable bonds is 2. The molecule has 1 aromatic heterocycles. The van der Waals surface area contributed by atoms with Crippen molar-refractivity contribution in [3.8, 4) is 5.75 Å². The number of azo groups is 1. The molecule has 0 saturated carbocycles. The molecule has 0 spiro atoms. The number of hydrogen-bond donors (Lipinski definition) is 0. The lowest BCUT2D eigenvalue weighted by atomic mass is 10.2. The minimum absolute atomic E-state index is 0.374. The molecule has 110 valence electrons. The molecule has 2 aromatic rings. The Morgan fingerprint density at radius 3 is 2.86 bits per heavy atom. The second-order valence-electron chi connectivity index (χ2n) is 5.29. The Kier molecular flexibility index (Phi) is 3.32. The fraction of sp³-hybridized carbons (Fsp3) is 0.429. The van der Waals surface area contributed by atoms with E-state index in [1.807, 2.05) is 36.9 Å². The Morgan fingerprint density at radius 1 is 1.33 bits per heavy atom. The zero-order valence-electron chi connectivity index (χ0n) is 12.7. The van der Waals surface area contributed by atoms with Crippen LogP contribution >= 0.6 is 0 Å². The van der Waals surface area contributed by atoms with E-state index in [1.165, 1.54) is 0 Å². The summed E-state index contributed by atoms with van der Waals surface area (Å²) in [5.41, 5.74) is 1.84. The molecule has 0 aliphatic carbocycles. The minimum Gasteiger partial charge on any atom is -0.489 e. The van der Waals surface area contributed by atoms with Crippen molar-refractivity contribution in [2.45, 2.75) is 13.0 Å². The van der Waals surface area contributed by atoms with Crippen LogP contribution in [-0.4, -0.2) is 29.4 Å². The van der Waals surface area contributed by atoms with E-state index < -0.39 is 0 Å². The molecular formula is C14H19N6O+. The predicted octanol–water partition coefficient (Wildman–Crippen LogP) is 1.88. The molecule has 1 aliphatic heterocycles. The van der Waals surface area contributed by atoms with Gasteiger partial charge >= 0.3 is 5.95 Å². The van der Waals surface area contributed by atoms with E-state index in [0.29, 0.717) is 18.6 Å². The highest BCUT2D eigenvalue weighted by atomic mass is 16.5. The second-order valence-corrected chi connectivity index (χ2v) is 5.29. The normalized spacial score (nSPS) is 17.9. The largest absolute Gasteiger partial charge is 0.489 e. The molecule has 0 radical (unpaired) electrons. The van der Waals surface area contributed by atoms with Crippen LogP contribution in [0.1, 0.15) is 6.92 Å². The van der Waals surface area contributed by atoms with E-state index in [1.54, 1.807) is 11.0 Å². The van der Waals surface area contributed by atoms with E-state index in [-0.39, 0.29) is 0 Å². The summed E-state index contributed by atoms with van der Waals surface area (Å²) in [7, 11) is 5.79. The van der Waals surface area contributed by atoms with Crippen molar-refractivity contribution < 1.29 is 9.42 Å². The monoisotopic (exact) mass is 287 g/mol. The van der Waals surface area contributed by atoms with Gasteiger partial charge < -0.3 is 9.64 Å². The Labute approximate surface area is 123 Å². The first-order chi connectivity index (χ1) is 10.1. The first kappa shape index (κ1) is 13.5. The summed E-state index contributed by atoms with van der Waals surface area (Å²) < 4.78 is 9.25. The molecule has 3 rings (SSSR count). The maximum atomic E-state index is 5.77. The molecule has 1 aliphatic rings. The molecule has 0 saturated heterocycles. The zero-order valence-corrected chi connectivity index (χ0v) is 12.7. The van der Waals surface area contributed by atoms with Gasteiger partial charge in [0.1, 0.15) is 18.0 Å². The number of ether oxygens (including phenoxy) is 1. The number of likely N-dealkylation sites (N-methyl/N-ethyl adjacent to an activating group) is 1. The van der Waals surface area contributed by atoms with Crippen molar-refractivity contribution >= 4 is 17.3 Å². The smallest absolute Gasteiger partial charge is 0.441 e. The van der Waals surface area contributed by atoms with Crippen molar-refractivity contribution in [2.75, 3.05) is 18.6 Å². The average Bonchev–Trinajstić information content (AvgIpc) is 2.80. The Balaban J connectivity index is 1.88. The molecule has 0 fully saturated rings. The van der Waals surface area contributed by atoms with Crippen molar-refractivity contribution in [3.05, 3.63) is 24.5 Å². The van der Waals surface area contributed by atoms with Gasteiger partial charge in [-0.05, 0) is 19.1 Å². The van der Waals surface area contributed by atoms with Crippen molar-refractivity contribution in [1.82, 2.24) is 9.67 Å². The van der Waals surface area contributed by atoms with Gasteiger partial charge in [-0.25, -0.2) is 4.57 Å². The van der Waals surface area contributed by atoms with E-state index in [0.717, 1.165) is 17.1 Å². The van der Waals surface area contributed by atoms with Gasteiger partial charge in [0, 0.05) is 18.2 Å². The van der Waals surface area contributed by atoms with Gasteiger partial charge in [0.25, 0.3) is 0 Å². The summed E-state index contributed by atoms with van der Waals surface area (Å²) in [6, 6.07) is 6.25. The van der Waals surface area contributed by atoms with Crippen molar-refractivity contribution in [1.29, 1.82) is 0 Å². The number of anilines is 1. The number of aromatic nitrogens is 3. The Bertz CT molecular complexity index is 673. The fourth-order valence-corrected chi connectivity index (χ4v) is 2.26. The average molecular weight is 287 g/mol. The third-order valence-electron chi connectivity index (χ3n) is 3.72. The quantitative estimate of drug-likeness (QED) is 0.626. The van der Waals surface area contributed by atoms with Crippen molar-refractivity contribution in [3.63, 3.8) is 0 Å². The molecule has 7 nitrogen and oxygen atoms in total. The summed E-state index contributed by atoms with van der Waals surface area (Å²) in [5, 5.41) is 12.6. The number of nitrogens with zero attached hydrogens (tertiary/aromatic N) is 6. The van der Waals surface area contributed by atoms with Crippen LogP contribution in [0.25, 0.3) is 0 Å². The molecule has 7 heteroatoms. The standard InChI is InChI=1S/C14H19N6O/c1-10-8-21-13-7-11(5-6-12(13)19(10)3)16-17-14-18(2)9-15-20(14)4/h5-7,9-10H,8H2,1-4H3/q+1. The van der Waals surface area contributed by atoms with Crippen LogP contribution in [0.15, 0.2) is 34.8 Å². The molecule has 0 amide bonds. The molecular weight excluding hydrogens is 268 g/mol. The van der Waals surface area contributed by atoms with Gasteiger partial charge in [-0.3, -0.25) is 0 Å². The molecule has 1 aromatic carbocycles. The van der Waals surface area contributed by atoms with Crippen LogP contribution in [0.3, 0.4) is 0 Å². The zero-order chi connectivity index (χ0) is 15.0. The maximum Gasteiger partial charge on any atom is 0.441 e. The molecule has 2 heterocycles. The summed E-state index contributed by atoms with van der Waals surface area (Å²) in [4.78, 5) is 2.21. The summed E-state index contributed by atoms with van der Waals surface area (Å²) in [6.45, 7) is 2.82. The van der Waals surface area contributed by atoms with Crippen molar-refractivity contribution in [2.24, 2.45) is 24.3 Å². The third-order valence-corrected chi connectivity index (χ3v) is 3.72. The molecule has 0 bridgehead atoms. The van der Waals surface area contributed by atoms with Crippen LogP contribution in [-0.2, 0) is 14.1 Å².